The summed E-state index contributed by atoms with van der Waals surface area (Å²) in [5.41, 5.74) is 0.824. The smallest absolute Gasteiger partial charge is 0.276 e. The first-order valence-electron chi connectivity index (χ1n) is 5.42. The Bertz CT molecular complexity index is 411. The van der Waals surface area contributed by atoms with Crippen molar-refractivity contribution >= 4 is 10.3 Å². The quantitative estimate of drug-likeness (QED) is 0.736. The van der Waals surface area contributed by atoms with Crippen LogP contribution in [0, 0.1) is 0 Å². The summed E-state index contributed by atoms with van der Waals surface area (Å²) >= 11 is 0. The van der Waals surface area contributed by atoms with Crippen LogP contribution >= 0.6 is 0 Å². The molecule has 2 N–H and O–H groups in total. The fourth-order valence-corrected chi connectivity index (χ4v) is 1.88. The number of aromatic nitrogens is 1. The Morgan fingerprint density at radius 1 is 1.38 bits per heavy atom. The van der Waals surface area contributed by atoms with Crippen molar-refractivity contribution in [3.63, 3.8) is 0 Å². The molecule has 0 aliphatic rings. The highest BCUT2D eigenvalue weighted by atomic mass is 32.2. The molecule has 16 heavy (non-hydrogen) atoms. The molecule has 0 aliphatic heterocycles. The Kier molecular flexibility index (Phi) is 4.82. The summed E-state index contributed by atoms with van der Waals surface area (Å²) in [6.45, 7) is 2.15. The maximum absolute atomic E-state index is 10.8. The van der Waals surface area contributed by atoms with Gasteiger partial charge in [0.05, 0.1) is 5.69 Å². The molecule has 92 valence electrons. The van der Waals surface area contributed by atoms with Crippen molar-refractivity contribution in [2.24, 2.45) is 5.14 Å². The van der Waals surface area contributed by atoms with E-state index in [9.17, 15) is 8.42 Å². The maximum atomic E-state index is 10.8. The molecule has 1 aromatic rings. The molecule has 1 aromatic heterocycles. The Labute approximate surface area is 96.4 Å². The molecule has 0 saturated carbocycles. The third-order valence-electron chi connectivity index (χ3n) is 2.26. The summed E-state index contributed by atoms with van der Waals surface area (Å²) in [6, 6.07) is 3.57. The van der Waals surface area contributed by atoms with Gasteiger partial charge in [0, 0.05) is 6.20 Å². The highest BCUT2D eigenvalue weighted by molar-refractivity contribution is 7.84. The molecule has 1 heterocycles. The van der Waals surface area contributed by atoms with E-state index in [1.807, 2.05) is 6.07 Å². The second kappa shape index (κ2) is 5.91. The van der Waals surface area contributed by atoms with Crippen LogP contribution in [0.25, 0.3) is 0 Å². The molecular weight excluding hydrogens is 228 g/mol. The van der Waals surface area contributed by atoms with Crippen molar-refractivity contribution in [3.8, 4) is 0 Å². The van der Waals surface area contributed by atoms with Gasteiger partial charge in [-0.3, -0.25) is 4.28 Å². The molecule has 0 unspecified atom stereocenters. The first kappa shape index (κ1) is 13.1. The Morgan fingerprint density at radius 2 is 2.12 bits per heavy atom. The molecule has 0 aliphatic carbocycles. The van der Waals surface area contributed by atoms with Gasteiger partial charge in [-0.05, 0) is 25.0 Å². The van der Waals surface area contributed by atoms with Gasteiger partial charge < -0.3 is 0 Å². The maximum Gasteiger partial charge on any atom is 0.398 e. The van der Waals surface area contributed by atoms with Gasteiger partial charge in [-0.2, -0.15) is 18.3 Å². The van der Waals surface area contributed by atoms with Crippen LogP contribution in [0.5, 0.6) is 0 Å². The molecule has 6 heteroatoms. The van der Waals surface area contributed by atoms with Gasteiger partial charge in [-0.1, -0.05) is 26.2 Å². The van der Waals surface area contributed by atoms with E-state index in [0.717, 1.165) is 25.0 Å². The molecule has 1 rings (SSSR count). The monoisotopic (exact) mass is 246 g/mol. The lowest BCUT2D eigenvalue weighted by molar-refractivity contribution is 0.269. The summed E-state index contributed by atoms with van der Waals surface area (Å²) in [7, 11) is -3.94. The number of nitrogens with two attached hydrogens (primary N) is 1. The van der Waals surface area contributed by atoms with Crippen molar-refractivity contribution in [1.82, 2.24) is 4.73 Å². The van der Waals surface area contributed by atoms with Crippen LogP contribution in [0.4, 0.5) is 0 Å². The minimum Gasteiger partial charge on any atom is -0.276 e. The van der Waals surface area contributed by atoms with Gasteiger partial charge in [0.15, 0.2) is 0 Å². The lowest BCUT2D eigenvalue weighted by Crippen LogP contribution is -2.27. The molecule has 0 fully saturated rings. The molecule has 0 atom stereocenters. The van der Waals surface area contributed by atoms with Gasteiger partial charge in [0.25, 0.3) is 0 Å². The molecule has 0 radical (unpaired) electrons. The highest BCUT2D eigenvalue weighted by Crippen LogP contribution is 2.08. The van der Waals surface area contributed by atoms with Crippen molar-refractivity contribution in [2.45, 2.75) is 39.0 Å². The van der Waals surface area contributed by atoms with Crippen LogP contribution in [0.1, 0.15) is 38.3 Å². The van der Waals surface area contributed by atoms with Gasteiger partial charge in [-0.15, -0.1) is 0 Å². The average Bonchev–Trinajstić information content (AvgIpc) is 2.58. The number of hydrogen-bond acceptors (Lipinski definition) is 3. The summed E-state index contributed by atoms with van der Waals surface area (Å²) < 4.78 is 27.3. The van der Waals surface area contributed by atoms with Crippen molar-refractivity contribution < 1.29 is 12.7 Å². The summed E-state index contributed by atoms with van der Waals surface area (Å²) in [5.74, 6) is 0. The van der Waals surface area contributed by atoms with Crippen LogP contribution in [-0.4, -0.2) is 13.1 Å². The van der Waals surface area contributed by atoms with E-state index in [-0.39, 0.29) is 0 Å². The fourth-order valence-electron chi connectivity index (χ4n) is 1.51. The number of rotatable bonds is 7. The van der Waals surface area contributed by atoms with E-state index in [1.165, 1.54) is 17.6 Å². The summed E-state index contributed by atoms with van der Waals surface area (Å²) in [6.07, 6.45) is 6.86. The lowest BCUT2D eigenvalue weighted by Gasteiger charge is -2.07. The van der Waals surface area contributed by atoms with Crippen molar-refractivity contribution in [2.75, 3.05) is 0 Å². The second-order valence-electron chi connectivity index (χ2n) is 3.70. The minimum absolute atomic E-state index is 0.794. The van der Waals surface area contributed by atoms with E-state index < -0.39 is 10.3 Å². The van der Waals surface area contributed by atoms with Crippen molar-refractivity contribution in [3.05, 3.63) is 24.0 Å². The zero-order valence-electron chi connectivity index (χ0n) is 9.43. The number of unbranched alkanes of at least 4 members (excludes halogenated alkanes) is 3. The predicted molar refractivity (Wildman–Crippen MR) is 62.0 cm³/mol. The van der Waals surface area contributed by atoms with E-state index in [1.54, 1.807) is 12.3 Å². The number of nitrogens with zero attached hydrogens (tertiary/aromatic N) is 1. The Morgan fingerprint density at radius 3 is 2.75 bits per heavy atom. The highest BCUT2D eigenvalue weighted by Gasteiger charge is 2.07. The minimum atomic E-state index is -3.94. The molecule has 0 aromatic carbocycles. The topological polar surface area (TPSA) is 74.3 Å². The number of hydrogen-bond donors (Lipinski definition) is 1. The van der Waals surface area contributed by atoms with E-state index in [2.05, 4.69) is 11.2 Å². The van der Waals surface area contributed by atoms with Crippen LogP contribution in [0.3, 0.4) is 0 Å². The molecule has 0 spiro atoms. The molecular formula is C10H18N2O3S. The molecule has 0 bridgehead atoms. The van der Waals surface area contributed by atoms with Gasteiger partial charge in [0.2, 0.25) is 0 Å². The largest absolute Gasteiger partial charge is 0.398 e. The zero-order chi connectivity index (χ0) is 12.0. The molecule has 0 amide bonds. The SMILES string of the molecule is CCCCCCc1cccn1OS(N)(=O)=O. The van der Waals surface area contributed by atoms with Crippen LogP contribution in [0.15, 0.2) is 18.3 Å². The van der Waals surface area contributed by atoms with Gasteiger partial charge >= 0.3 is 10.3 Å². The van der Waals surface area contributed by atoms with E-state index in [0.29, 0.717) is 0 Å². The lowest BCUT2D eigenvalue weighted by atomic mass is 10.1. The van der Waals surface area contributed by atoms with Crippen molar-refractivity contribution in [1.29, 1.82) is 0 Å². The first-order valence-corrected chi connectivity index (χ1v) is 6.89. The van der Waals surface area contributed by atoms with E-state index >= 15 is 0 Å². The normalized spacial score (nSPS) is 11.6. The standard InChI is InChI=1S/C10H18N2O3S/c1-2-3-4-5-7-10-8-6-9-12(10)15-16(11,13)14/h6,8-9H,2-5,7H2,1H3,(H2,11,13,14). The summed E-state index contributed by atoms with van der Waals surface area (Å²) in [5, 5.41) is 4.80. The summed E-state index contributed by atoms with van der Waals surface area (Å²) in [4.78, 5) is 0. The molecule has 0 saturated heterocycles. The van der Waals surface area contributed by atoms with Gasteiger partial charge in [-0.25, -0.2) is 0 Å². The second-order valence-corrected chi connectivity index (χ2v) is 4.84. The number of aryl methyl sites for hydroxylation is 1. The zero-order valence-corrected chi connectivity index (χ0v) is 10.2. The first-order chi connectivity index (χ1) is 7.53. The fraction of sp³-hybridized carbons (Fsp3) is 0.600. The average molecular weight is 246 g/mol. The van der Waals surface area contributed by atoms with E-state index in [4.69, 9.17) is 5.14 Å². The Balaban J connectivity index is 2.51. The predicted octanol–water partition coefficient (Wildman–Crippen LogP) is 1.24. The third-order valence-corrected chi connectivity index (χ3v) is 2.63. The Hall–Kier alpha value is -1.01. The molecule has 5 nitrogen and oxygen atoms in total. The van der Waals surface area contributed by atoms with Crippen LogP contribution in [0.2, 0.25) is 0 Å². The van der Waals surface area contributed by atoms with Gasteiger partial charge in [0.1, 0.15) is 0 Å². The van der Waals surface area contributed by atoms with Crippen LogP contribution < -0.4 is 9.42 Å². The third kappa shape index (κ3) is 4.67. The van der Waals surface area contributed by atoms with Crippen LogP contribution in [-0.2, 0) is 16.7 Å².